The molecule has 1 atom stereocenters. The van der Waals surface area contributed by atoms with Crippen molar-refractivity contribution in [1.82, 2.24) is 0 Å². The molecule has 0 fully saturated rings. The second-order valence-corrected chi connectivity index (χ2v) is 3.80. The Morgan fingerprint density at radius 3 is 2.75 bits per heavy atom. The molecule has 3 nitrogen and oxygen atoms in total. The van der Waals surface area contributed by atoms with Crippen LogP contribution in [0.2, 0.25) is 5.02 Å². The molecule has 0 saturated heterocycles. The zero-order valence-electron chi connectivity index (χ0n) is 9.40. The van der Waals surface area contributed by atoms with Gasteiger partial charge in [0, 0.05) is 0 Å². The molecule has 0 N–H and O–H groups in total. The Kier molecular flexibility index (Phi) is 5.12. The van der Waals surface area contributed by atoms with Crippen molar-refractivity contribution in [2.45, 2.75) is 13.8 Å². The van der Waals surface area contributed by atoms with Crippen LogP contribution >= 0.6 is 11.6 Å². The van der Waals surface area contributed by atoms with Crippen LogP contribution in [-0.4, -0.2) is 19.2 Å². The molecule has 0 radical (unpaired) electrons. The second-order valence-electron chi connectivity index (χ2n) is 3.39. The van der Waals surface area contributed by atoms with Gasteiger partial charge in [-0.3, -0.25) is 4.79 Å². The van der Waals surface area contributed by atoms with Crippen molar-refractivity contribution in [2.24, 2.45) is 5.92 Å². The predicted octanol–water partition coefficient (Wildman–Crippen LogP) is 2.92. The van der Waals surface area contributed by atoms with Crippen molar-refractivity contribution in [1.29, 1.82) is 0 Å². The van der Waals surface area contributed by atoms with Gasteiger partial charge in [-0.25, -0.2) is 0 Å². The lowest BCUT2D eigenvalue weighted by atomic mass is 10.2. The number of benzene rings is 1. The third-order valence-electron chi connectivity index (χ3n) is 2.01. The fourth-order valence-corrected chi connectivity index (χ4v) is 1.32. The van der Waals surface area contributed by atoms with Crippen LogP contribution in [0.15, 0.2) is 24.3 Å². The number of para-hydroxylation sites is 1. The molecule has 1 aromatic rings. The Balaban J connectivity index is 2.46. The monoisotopic (exact) mass is 242 g/mol. The molecule has 4 heteroatoms. The zero-order valence-corrected chi connectivity index (χ0v) is 10.2. The third-order valence-corrected chi connectivity index (χ3v) is 2.33. The first-order valence-corrected chi connectivity index (χ1v) is 5.57. The van der Waals surface area contributed by atoms with E-state index in [-0.39, 0.29) is 18.5 Å². The van der Waals surface area contributed by atoms with E-state index >= 15 is 0 Å². The first-order chi connectivity index (χ1) is 7.65. The van der Waals surface area contributed by atoms with E-state index in [9.17, 15) is 4.79 Å². The van der Waals surface area contributed by atoms with Crippen LogP contribution in [0.4, 0.5) is 0 Å². The Hall–Kier alpha value is -1.22. The number of carbonyl (C=O) groups is 1. The van der Waals surface area contributed by atoms with Gasteiger partial charge in [0.2, 0.25) is 0 Å². The SMILES string of the molecule is CCOC(=O)C(C)COc1ccccc1Cl. The fraction of sp³-hybridized carbons (Fsp3) is 0.417. The van der Waals surface area contributed by atoms with Gasteiger partial charge >= 0.3 is 5.97 Å². The minimum Gasteiger partial charge on any atom is -0.491 e. The Morgan fingerprint density at radius 2 is 2.12 bits per heavy atom. The Labute approximate surface area is 100 Å². The van der Waals surface area contributed by atoms with Crippen molar-refractivity contribution in [2.75, 3.05) is 13.2 Å². The van der Waals surface area contributed by atoms with Crippen LogP contribution < -0.4 is 4.74 Å². The van der Waals surface area contributed by atoms with Crippen molar-refractivity contribution < 1.29 is 14.3 Å². The summed E-state index contributed by atoms with van der Waals surface area (Å²) in [6.45, 7) is 4.19. The van der Waals surface area contributed by atoms with E-state index < -0.39 is 0 Å². The van der Waals surface area contributed by atoms with Crippen LogP contribution in [0.5, 0.6) is 5.75 Å². The minimum absolute atomic E-state index is 0.255. The summed E-state index contributed by atoms with van der Waals surface area (Å²) in [7, 11) is 0. The van der Waals surface area contributed by atoms with Gasteiger partial charge in [-0.1, -0.05) is 23.7 Å². The number of ether oxygens (including phenoxy) is 2. The molecule has 0 spiro atoms. The average Bonchev–Trinajstić information content (AvgIpc) is 2.28. The maximum absolute atomic E-state index is 11.3. The van der Waals surface area contributed by atoms with E-state index in [1.165, 1.54) is 0 Å². The number of carbonyl (C=O) groups excluding carboxylic acids is 1. The van der Waals surface area contributed by atoms with Crippen molar-refractivity contribution in [3.8, 4) is 5.75 Å². The predicted molar refractivity (Wildman–Crippen MR) is 62.7 cm³/mol. The molecule has 0 bridgehead atoms. The number of esters is 1. The van der Waals surface area contributed by atoms with Gasteiger partial charge in [0.15, 0.2) is 0 Å². The zero-order chi connectivity index (χ0) is 12.0. The summed E-state index contributed by atoms with van der Waals surface area (Å²) < 4.78 is 10.3. The van der Waals surface area contributed by atoms with Crippen LogP contribution in [0.1, 0.15) is 13.8 Å². The summed E-state index contributed by atoms with van der Waals surface area (Å²) >= 11 is 5.91. The van der Waals surface area contributed by atoms with Gasteiger partial charge < -0.3 is 9.47 Å². The molecule has 16 heavy (non-hydrogen) atoms. The third kappa shape index (κ3) is 3.74. The van der Waals surface area contributed by atoms with E-state index in [1.54, 1.807) is 26.0 Å². The maximum Gasteiger partial charge on any atom is 0.312 e. The van der Waals surface area contributed by atoms with E-state index in [2.05, 4.69) is 0 Å². The van der Waals surface area contributed by atoms with Crippen molar-refractivity contribution in [3.05, 3.63) is 29.3 Å². The molecule has 0 aliphatic rings. The smallest absolute Gasteiger partial charge is 0.312 e. The maximum atomic E-state index is 11.3. The molecular formula is C12H15ClO3. The lowest BCUT2D eigenvalue weighted by molar-refractivity contribution is -0.148. The minimum atomic E-state index is -0.295. The lowest BCUT2D eigenvalue weighted by Gasteiger charge is -2.12. The van der Waals surface area contributed by atoms with Crippen LogP contribution in [0, 0.1) is 5.92 Å². The molecule has 0 aliphatic heterocycles. The second kappa shape index (κ2) is 6.38. The fourth-order valence-electron chi connectivity index (χ4n) is 1.13. The highest BCUT2D eigenvalue weighted by atomic mass is 35.5. The highest BCUT2D eigenvalue weighted by Crippen LogP contribution is 2.23. The molecule has 0 heterocycles. The Morgan fingerprint density at radius 1 is 1.44 bits per heavy atom. The summed E-state index contributed by atoms with van der Waals surface area (Å²) in [5.41, 5.74) is 0. The van der Waals surface area contributed by atoms with Gasteiger partial charge in [0.25, 0.3) is 0 Å². The molecule has 1 aromatic carbocycles. The van der Waals surface area contributed by atoms with E-state index in [4.69, 9.17) is 21.1 Å². The first kappa shape index (κ1) is 12.8. The van der Waals surface area contributed by atoms with E-state index in [0.29, 0.717) is 17.4 Å². The Bertz CT molecular complexity index is 352. The summed E-state index contributed by atoms with van der Waals surface area (Å²) in [5.74, 6) is 0.0334. The van der Waals surface area contributed by atoms with Crippen LogP contribution in [-0.2, 0) is 9.53 Å². The number of halogens is 1. The molecule has 0 saturated carbocycles. The molecule has 1 rings (SSSR count). The van der Waals surface area contributed by atoms with Gasteiger partial charge in [-0.15, -0.1) is 0 Å². The van der Waals surface area contributed by atoms with E-state index in [1.807, 2.05) is 12.1 Å². The normalized spacial score (nSPS) is 11.9. The quantitative estimate of drug-likeness (QED) is 0.745. The molecule has 88 valence electrons. The van der Waals surface area contributed by atoms with Crippen molar-refractivity contribution >= 4 is 17.6 Å². The first-order valence-electron chi connectivity index (χ1n) is 5.19. The van der Waals surface area contributed by atoms with Crippen LogP contribution in [0.25, 0.3) is 0 Å². The topological polar surface area (TPSA) is 35.5 Å². The molecular weight excluding hydrogens is 228 g/mol. The average molecular weight is 243 g/mol. The summed E-state index contributed by atoms with van der Waals surface area (Å²) in [6.07, 6.45) is 0. The highest BCUT2D eigenvalue weighted by Gasteiger charge is 2.15. The summed E-state index contributed by atoms with van der Waals surface area (Å²) in [6, 6.07) is 7.16. The standard InChI is InChI=1S/C12H15ClO3/c1-3-15-12(14)9(2)8-16-11-7-5-4-6-10(11)13/h4-7,9H,3,8H2,1-2H3. The summed E-state index contributed by atoms with van der Waals surface area (Å²) in [5, 5.41) is 0.540. The van der Waals surface area contributed by atoms with Gasteiger partial charge in [-0.05, 0) is 26.0 Å². The molecule has 0 amide bonds. The number of hydrogen-bond donors (Lipinski definition) is 0. The van der Waals surface area contributed by atoms with Gasteiger partial charge in [0.05, 0.1) is 17.5 Å². The largest absolute Gasteiger partial charge is 0.491 e. The molecule has 0 aliphatic carbocycles. The molecule has 1 unspecified atom stereocenters. The van der Waals surface area contributed by atoms with Crippen molar-refractivity contribution in [3.63, 3.8) is 0 Å². The van der Waals surface area contributed by atoms with Gasteiger partial charge in [-0.2, -0.15) is 0 Å². The van der Waals surface area contributed by atoms with E-state index in [0.717, 1.165) is 0 Å². The van der Waals surface area contributed by atoms with Crippen LogP contribution in [0.3, 0.4) is 0 Å². The number of rotatable bonds is 5. The number of hydrogen-bond acceptors (Lipinski definition) is 3. The lowest BCUT2D eigenvalue weighted by Crippen LogP contribution is -2.21. The molecule has 0 aromatic heterocycles. The van der Waals surface area contributed by atoms with Gasteiger partial charge in [0.1, 0.15) is 12.4 Å². The highest BCUT2D eigenvalue weighted by molar-refractivity contribution is 6.32. The summed E-state index contributed by atoms with van der Waals surface area (Å²) in [4.78, 5) is 11.3.